The highest BCUT2D eigenvalue weighted by Crippen LogP contribution is 2.25. The first-order valence-corrected chi connectivity index (χ1v) is 9.31. The molecular weight excluding hydrogens is 395 g/mol. The number of carbonyl (C=O) groups is 2. The van der Waals surface area contributed by atoms with Crippen LogP contribution in [0.1, 0.15) is 26.5 Å². The summed E-state index contributed by atoms with van der Waals surface area (Å²) in [5.41, 5.74) is 0.0817. The van der Waals surface area contributed by atoms with E-state index in [1.165, 1.54) is 23.5 Å². The zero-order chi connectivity index (χ0) is 17.1. The van der Waals surface area contributed by atoms with Gasteiger partial charge in [-0.15, -0.1) is 11.3 Å². The lowest BCUT2D eigenvalue weighted by Crippen LogP contribution is -2.37. The zero-order valence-electron chi connectivity index (χ0n) is 12.9. The van der Waals surface area contributed by atoms with E-state index in [0.717, 1.165) is 4.47 Å². The maximum Gasteiger partial charge on any atom is 0.265 e. The second-order valence-corrected chi connectivity index (χ2v) is 7.29. The average Bonchev–Trinajstić information content (AvgIpc) is 2.86. The Hall–Kier alpha value is -1.73. The van der Waals surface area contributed by atoms with Crippen LogP contribution >= 0.6 is 27.3 Å². The molecule has 2 aromatic rings. The molecule has 0 saturated carbocycles. The summed E-state index contributed by atoms with van der Waals surface area (Å²) in [5.74, 6) is -0.862. The van der Waals surface area contributed by atoms with E-state index in [9.17, 15) is 14.0 Å². The molecule has 1 saturated heterocycles. The third-order valence-electron chi connectivity index (χ3n) is 3.99. The molecule has 24 heavy (non-hydrogen) atoms. The first kappa shape index (κ1) is 17.1. The number of halogens is 2. The van der Waals surface area contributed by atoms with Gasteiger partial charge in [-0.05, 0) is 45.9 Å². The Kier molecular flexibility index (Phi) is 5.30. The Balaban J connectivity index is 1.69. The number of hydrogen-bond acceptors (Lipinski definition) is 3. The second kappa shape index (κ2) is 7.44. The van der Waals surface area contributed by atoms with Crippen LogP contribution in [0.25, 0.3) is 0 Å². The fraction of sp³-hybridized carbons (Fsp3) is 0.294. The monoisotopic (exact) mass is 410 g/mol. The molecule has 0 unspecified atom stereocenters. The van der Waals surface area contributed by atoms with E-state index in [4.69, 9.17) is 0 Å². The van der Waals surface area contributed by atoms with E-state index in [1.54, 1.807) is 21.9 Å². The average molecular weight is 411 g/mol. The highest BCUT2D eigenvalue weighted by atomic mass is 79.9. The van der Waals surface area contributed by atoms with Crippen LogP contribution in [0.3, 0.4) is 0 Å². The third-order valence-corrected chi connectivity index (χ3v) is 5.81. The minimum atomic E-state index is -0.512. The molecular formula is C17H16BrFN2O2S. The van der Waals surface area contributed by atoms with Gasteiger partial charge in [-0.1, -0.05) is 12.1 Å². The Bertz CT molecular complexity index is 765. The molecule has 1 aromatic heterocycles. The topological polar surface area (TPSA) is 40.6 Å². The standard InChI is InChI=1S/C17H16BrFN2O2S/c18-13-6-11-24-15(13)17(23)21-8-3-7-20(9-10-21)16(22)12-4-1-2-5-14(12)19/h1-2,4-6,11H,3,7-10H2. The second-order valence-electron chi connectivity index (χ2n) is 5.52. The van der Waals surface area contributed by atoms with Gasteiger partial charge in [0.1, 0.15) is 10.7 Å². The normalized spacial score (nSPS) is 15.2. The Morgan fingerprint density at radius 3 is 2.29 bits per heavy atom. The molecule has 0 N–H and O–H groups in total. The van der Waals surface area contributed by atoms with E-state index in [0.29, 0.717) is 37.5 Å². The molecule has 1 fully saturated rings. The van der Waals surface area contributed by atoms with Crippen molar-refractivity contribution in [3.8, 4) is 0 Å². The van der Waals surface area contributed by atoms with Gasteiger partial charge in [0.2, 0.25) is 0 Å². The number of amides is 2. The van der Waals surface area contributed by atoms with Gasteiger partial charge >= 0.3 is 0 Å². The zero-order valence-corrected chi connectivity index (χ0v) is 15.3. The Morgan fingerprint density at radius 1 is 1.00 bits per heavy atom. The SMILES string of the molecule is O=C(c1ccccc1F)N1CCCN(C(=O)c2sccc2Br)CC1. The van der Waals surface area contributed by atoms with Crippen molar-refractivity contribution >= 4 is 39.1 Å². The lowest BCUT2D eigenvalue weighted by atomic mass is 10.2. The Morgan fingerprint density at radius 2 is 1.67 bits per heavy atom. The largest absolute Gasteiger partial charge is 0.337 e. The van der Waals surface area contributed by atoms with E-state index < -0.39 is 5.82 Å². The predicted molar refractivity (Wildman–Crippen MR) is 94.8 cm³/mol. The lowest BCUT2D eigenvalue weighted by molar-refractivity contribution is 0.0718. The molecule has 0 atom stereocenters. The molecule has 0 bridgehead atoms. The van der Waals surface area contributed by atoms with Gasteiger partial charge in [0.15, 0.2) is 0 Å². The summed E-state index contributed by atoms with van der Waals surface area (Å²) >= 11 is 4.78. The van der Waals surface area contributed by atoms with Crippen LogP contribution in [0.15, 0.2) is 40.2 Å². The van der Waals surface area contributed by atoms with Crippen molar-refractivity contribution in [1.29, 1.82) is 0 Å². The van der Waals surface area contributed by atoms with Gasteiger partial charge < -0.3 is 9.80 Å². The van der Waals surface area contributed by atoms with Crippen molar-refractivity contribution in [1.82, 2.24) is 9.80 Å². The molecule has 126 valence electrons. The van der Waals surface area contributed by atoms with Gasteiger partial charge in [-0.25, -0.2) is 4.39 Å². The quantitative estimate of drug-likeness (QED) is 0.757. The number of thiophene rings is 1. The fourth-order valence-electron chi connectivity index (χ4n) is 2.72. The minimum Gasteiger partial charge on any atom is -0.337 e. The van der Waals surface area contributed by atoms with Gasteiger partial charge in [0, 0.05) is 30.7 Å². The van der Waals surface area contributed by atoms with Crippen molar-refractivity contribution in [3.63, 3.8) is 0 Å². The van der Waals surface area contributed by atoms with Crippen LogP contribution in [0.4, 0.5) is 4.39 Å². The number of benzene rings is 1. The summed E-state index contributed by atoms with van der Waals surface area (Å²) in [6.45, 7) is 1.96. The van der Waals surface area contributed by atoms with Crippen LogP contribution in [-0.2, 0) is 0 Å². The molecule has 0 radical (unpaired) electrons. The lowest BCUT2D eigenvalue weighted by Gasteiger charge is -2.22. The number of hydrogen-bond donors (Lipinski definition) is 0. The third kappa shape index (κ3) is 3.52. The van der Waals surface area contributed by atoms with Crippen molar-refractivity contribution < 1.29 is 14.0 Å². The molecule has 2 amide bonds. The summed E-state index contributed by atoms with van der Waals surface area (Å²) in [5, 5.41) is 1.86. The van der Waals surface area contributed by atoms with Crippen LogP contribution in [0.2, 0.25) is 0 Å². The fourth-order valence-corrected chi connectivity index (χ4v) is 4.23. The van der Waals surface area contributed by atoms with Gasteiger partial charge in [0.25, 0.3) is 11.8 Å². The van der Waals surface area contributed by atoms with Crippen LogP contribution in [0, 0.1) is 5.82 Å². The van der Waals surface area contributed by atoms with Crippen molar-refractivity contribution in [2.45, 2.75) is 6.42 Å². The summed E-state index contributed by atoms with van der Waals surface area (Å²) in [7, 11) is 0. The molecule has 1 aromatic carbocycles. The van der Waals surface area contributed by atoms with Gasteiger partial charge in [-0.3, -0.25) is 9.59 Å². The van der Waals surface area contributed by atoms with Crippen molar-refractivity contribution in [2.24, 2.45) is 0 Å². The molecule has 0 aliphatic carbocycles. The maximum absolute atomic E-state index is 13.8. The summed E-state index contributed by atoms with van der Waals surface area (Å²) in [6, 6.07) is 7.85. The first-order valence-electron chi connectivity index (χ1n) is 7.64. The van der Waals surface area contributed by atoms with Crippen molar-refractivity contribution in [2.75, 3.05) is 26.2 Å². The highest BCUT2D eigenvalue weighted by Gasteiger charge is 2.26. The molecule has 1 aliphatic heterocycles. The number of carbonyl (C=O) groups excluding carboxylic acids is 2. The van der Waals surface area contributed by atoms with E-state index >= 15 is 0 Å². The maximum atomic E-state index is 13.8. The molecule has 7 heteroatoms. The Labute approximate surface area is 152 Å². The van der Waals surface area contributed by atoms with Crippen LogP contribution in [-0.4, -0.2) is 47.8 Å². The summed E-state index contributed by atoms with van der Waals surface area (Å²) < 4.78 is 14.6. The molecule has 2 heterocycles. The van der Waals surface area contributed by atoms with E-state index in [2.05, 4.69) is 15.9 Å². The smallest absolute Gasteiger partial charge is 0.265 e. The molecule has 4 nitrogen and oxygen atoms in total. The number of rotatable bonds is 2. The summed E-state index contributed by atoms with van der Waals surface area (Å²) in [4.78, 5) is 29.1. The molecule has 0 spiro atoms. The van der Waals surface area contributed by atoms with Crippen molar-refractivity contribution in [3.05, 3.63) is 56.4 Å². The minimum absolute atomic E-state index is 0.0305. The van der Waals surface area contributed by atoms with Gasteiger partial charge in [0.05, 0.1) is 5.56 Å². The van der Waals surface area contributed by atoms with Crippen LogP contribution < -0.4 is 0 Å². The van der Waals surface area contributed by atoms with E-state index in [1.807, 2.05) is 11.4 Å². The predicted octanol–water partition coefficient (Wildman–Crippen LogP) is 3.64. The molecule has 3 rings (SSSR count). The first-order chi connectivity index (χ1) is 11.6. The van der Waals surface area contributed by atoms with E-state index in [-0.39, 0.29) is 17.4 Å². The van der Waals surface area contributed by atoms with Gasteiger partial charge in [-0.2, -0.15) is 0 Å². The highest BCUT2D eigenvalue weighted by molar-refractivity contribution is 9.10. The number of nitrogens with zero attached hydrogens (tertiary/aromatic N) is 2. The molecule has 1 aliphatic rings. The van der Waals surface area contributed by atoms with Crippen LogP contribution in [0.5, 0.6) is 0 Å². The summed E-state index contributed by atoms with van der Waals surface area (Å²) in [6.07, 6.45) is 0.676.